The molecule has 0 radical (unpaired) electrons. The summed E-state index contributed by atoms with van der Waals surface area (Å²) in [4.78, 5) is 29.2. The average Bonchev–Trinajstić information content (AvgIpc) is 3.04. The summed E-state index contributed by atoms with van der Waals surface area (Å²) < 4.78 is 5.22. The molecule has 23 heavy (non-hydrogen) atoms. The Morgan fingerprint density at radius 2 is 2.04 bits per heavy atom. The minimum absolute atomic E-state index is 0.139. The Kier molecular flexibility index (Phi) is 4.10. The van der Waals surface area contributed by atoms with E-state index in [4.69, 9.17) is 4.52 Å². The van der Waals surface area contributed by atoms with Crippen LogP contribution >= 0.6 is 0 Å². The van der Waals surface area contributed by atoms with E-state index in [2.05, 4.69) is 10.1 Å². The summed E-state index contributed by atoms with van der Waals surface area (Å²) in [6.45, 7) is 2.68. The Bertz CT molecular complexity index is 713. The molecule has 1 aliphatic heterocycles. The molecule has 0 aromatic carbocycles. The number of likely N-dealkylation sites (tertiary alicyclic amines) is 1. The first kappa shape index (κ1) is 15.2. The van der Waals surface area contributed by atoms with E-state index in [0.29, 0.717) is 18.7 Å². The van der Waals surface area contributed by atoms with Gasteiger partial charge in [-0.1, -0.05) is 12.1 Å². The highest BCUT2D eigenvalue weighted by Crippen LogP contribution is 2.25. The van der Waals surface area contributed by atoms with Gasteiger partial charge in [-0.2, -0.15) is 0 Å². The Labute approximate surface area is 132 Å². The number of aliphatic carboxylic acids is 1. The van der Waals surface area contributed by atoms with Gasteiger partial charge < -0.3 is 14.5 Å². The van der Waals surface area contributed by atoms with E-state index in [9.17, 15) is 14.7 Å². The van der Waals surface area contributed by atoms with Crippen molar-refractivity contribution >= 4 is 11.9 Å². The van der Waals surface area contributed by atoms with Crippen LogP contribution in [-0.2, 0) is 4.79 Å². The summed E-state index contributed by atoms with van der Waals surface area (Å²) in [5, 5.41) is 13.0. The number of carboxylic acid groups (broad SMARTS) is 1. The zero-order chi connectivity index (χ0) is 16.4. The summed E-state index contributed by atoms with van der Waals surface area (Å²) in [6, 6.07) is 5.10. The largest absolute Gasteiger partial charge is 0.481 e. The number of rotatable bonds is 3. The van der Waals surface area contributed by atoms with Gasteiger partial charge >= 0.3 is 5.97 Å². The number of piperidine rings is 1. The predicted octanol–water partition coefficient (Wildman–Crippen LogP) is 1.92. The van der Waals surface area contributed by atoms with E-state index in [-0.39, 0.29) is 24.1 Å². The van der Waals surface area contributed by atoms with Crippen molar-refractivity contribution in [3.05, 3.63) is 36.3 Å². The summed E-state index contributed by atoms with van der Waals surface area (Å²) in [5.74, 6) is -1.08. The van der Waals surface area contributed by atoms with E-state index in [1.165, 1.54) is 0 Å². The summed E-state index contributed by atoms with van der Waals surface area (Å²) in [5.41, 5.74) is 0.969. The van der Waals surface area contributed by atoms with Crippen LogP contribution in [0.1, 0.15) is 23.8 Å². The molecule has 2 unspecified atom stereocenters. The minimum atomic E-state index is -0.869. The number of carboxylic acids is 1. The van der Waals surface area contributed by atoms with Crippen LogP contribution in [-0.4, -0.2) is 45.1 Å². The molecule has 7 heteroatoms. The molecule has 3 rings (SSSR count). The van der Waals surface area contributed by atoms with Crippen molar-refractivity contribution in [1.29, 1.82) is 0 Å². The van der Waals surface area contributed by atoms with Crippen LogP contribution < -0.4 is 0 Å². The monoisotopic (exact) mass is 315 g/mol. The highest BCUT2D eigenvalue weighted by Gasteiger charge is 2.33. The maximum absolute atomic E-state index is 12.6. The van der Waals surface area contributed by atoms with Crippen molar-refractivity contribution in [3.63, 3.8) is 0 Å². The van der Waals surface area contributed by atoms with Crippen molar-refractivity contribution < 1.29 is 19.2 Å². The lowest BCUT2D eigenvalue weighted by molar-refractivity contribution is -0.143. The molecule has 120 valence electrons. The van der Waals surface area contributed by atoms with Gasteiger partial charge in [-0.05, 0) is 24.5 Å². The number of hydrogen-bond donors (Lipinski definition) is 1. The van der Waals surface area contributed by atoms with Gasteiger partial charge in [0, 0.05) is 37.1 Å². The number of hydrogen-bond acceptors (Lipinski definition) is 5. The number of carbonyl (C=O) groups is 2. The Hall–Kier alpha value is -2.70. The smallest absolute Gasteiger partial charge is 0.308 e. The molecule has 2 atom stereocenters. The summed E-state index contributed by atoms with van der Waals surface area (Å²) in [6.07, 6.45) is 3.84. The van der Waals surface area contributed by atoms with Crippen molar-refractivity contribution in [3.8, 4) is 11.3 Å². The van der Waals surface area contributed by atoms with Crippen molar-refractivity contribution in [1.82, 2.24) is 15.0 Å². The van der Waals surface area contributed by atoms with E-state index in [1.807, 2.05) is 6.92 Å². The highest BCUT2D eigenvalue weighted by atomic mass is 16.5. The summed E-state index contributed by atoms with van der Waals surface area (Å²) >= 11 is 0. The molecular formula is C16H17N3O4. The van der Waals surface area contributed by atoms with Gasteiger partial charge in [-0.25, -0.2) is 0 Å². The van der Waals surface area contributed by atoms with Crippen molar-refractivity contribution in [2.75, 3.05) is 13.1 Å². The maximum atomic E-state index is 12.6. The van der Waals surface area contributed by atoms with Crippen LogP contribution in [0, 0.1) is 11.8 Å². The normalized spacial score (nSPS) is 21.2. The zero-order valence-electron chi connectivity index (χ0n) is 12.7. The van der Waals surface area contributed by atoms with Gasteiger partial charge in [0.1, 0.15) is 0 Å². The highest BCUT2D eigenvalue weighted by molar-refractivity contribution is 5.93. The Morgan fingerprint density at radius 1 is 1.30 bits per heavy atom. The molecule has 2 aromatic heterocycles. The van der Waals surface area contributed by atoms with E-state index >= 15 is 0 Å². The van der Waals surface area contributed by atoms with Gasteiger partial charge in [0.2, 0.25) is 0 Å². The number of carbonyl (C=O) groups excluding carboxylic acids is 1. The standard InChI is InChI=1S/C16H17N3O4/c1-10-6-12(16(21)22)9-19(8-10)15(20)13-7-14(23-18-13)11-2-4-17-5-3-11/h2-5,7,10,12H,6,8-9H2,1H3,(H,21,22). The quantitative estimate of drug-likeness (QED) is 0.929. The molecule has 0 bridgehead atoms. The molecule has 7 nitrogen and oxygen atoms in total. The van der Waals surface area contributed by atoms with Crippen molar-refractivity contribution in [2.45, 2.75) is 13.3 Å². The Morgan fingerprint density at radius 3 is 2.74 bits per heavy atom. The van der Waals surface area contributed by atoms with E-state index in [0.717, 1.165) is 5.56 Å². The van der Waals surface area contributed by atoms with Crippen LogP contribution in [0.5, 0.6) is 0 Å². The summed E-state index contributed by atoms with van der Waals surface area (Å²) in [7, 11) is 0. The fourth-order valence-corrected chi connectivity index (χ4v) is 2.89. The topological polar surface area (TPSA) is 96.5 Å². The van der Waals surface area contributed by atoms with Crippen LogP contribution in [0.15, 0.2) is 35.1 Å². The molecule has 1 amide bonds. The lowest BCUT2D eigenvalue weighted by Gasteiger charge is -2.34. The molecule has 2 aromatic rings. The van der Waals surface area contributed by atoms with Crippen LogP contribution in [0.2, 0.25) is 0 Å². The third-order valence-corrected chi connectivity index (χ3v) is 3.99. The minimum Gasteiger partial charge on any atom is -0.481 e. The number of nitrogens with zero attached hydrogens (tertiary/aromatic N) is 3. The van der Waals surface area contributed by atoms with Gasteiger partial charge in [0.25, 0.3) is 5.91 Å². The second kappa shape index (κ2) is 6.20. The lowest BCUT2D eigenvalue weighted by atomic mass is 9.90. The van der Waals surface area contributed by atoms with Gasteiger partial charge in [-0.15, -0.1) is 0 Å². The predicted molar refractivity (Wildman–Crippen MR) is 80.5 cm³/mol. The number of pyridine rings is 1. The van der Waals surface area contributed by atoms with E-state index < -0.39 is 11.9 Å². The van der Waals surface area contributed by atoms with Crippen LogP contribution in [0.4, 0.5) is 0 Å². The van der Waals surface area contributed by atoms with Crippen molar-refractivity contribution in [2.24, 2.45) is 11.8 Å². The average molecular weight is 315 g/mol. The second-order valence-corrected chi connectivity index (χ2v) is 5.90. The lowest BCUT2D eigenvalue weighted by Crippen LogP contribution is -2.45. The molecular weight excluding hydrogens is 298 g/mol. The number of aromatic nitrogens is 2. The van der Waals surface area contributed by atoms with Crippen LogP contribution in [0.3, 0.4) is 0 Å². The van der Waals surface area contributed by atoms with Crippen LogP contribution in [0.25, 0.3) is 11.3 Å². The molecule has 1 aliphatic rings. The molecule has 0 spiro atoms. The van der Waals surface area contributed by atoms with Gasteiger partial charge in [0.15, 0.2) is 11.5 Å². The maximum Gasteiger partial charge on any atom is 0.308 e. The van der Waals surface area contributed by atoms with E-state index in [1.54, 1.807) is 35.5 Å². The molecule has 0 aliphatic carbocycles. The molecule has 0 saturated carbocycles. The first-order valence-electron chi connectivity index (χ1n) is 7.44. The third-order valence-electron chi connectivity index (χ3n) is 3.99. The SMILES string of the molecule is CC1CC(C(=O)O)CN(C(=O)c2cc(-c3ccncc3)on2)C1. The first-order valence-corrected chi connectivity index (χ1v) is 7.44. The molecule has 3 heterocycles. The zero-order valence-corrected chi connectivity index (χ0v) is 12.7. The fraction of sp³-hybridized carbons (Fsp3) is 0.375. The Balaban J connectivity index is 1.78. The first-order chi connectivity index (χ1) is 11.0. The van der Waals surface area contributed by atoms with Gasteiger partial charge in [-0.3, -0.25) is 14.6 Å². The fourth-order valence-electron chi connectivity index (χ4n) is 2.89. The van der Waals surface area contributed by atoms with Gasteiger partial charge in [0.05, 0.1) is 5.92 Å². The second-order valence-electron chi connectivity index (χ2n) is 5.90. The molecule has 1 N–H and O–H groups in total. The molecule has 1 fully saturated rings. The molecule has 1 saturated heterocycles. The number of amides is 1. The third kappa shape index (κ3) is 3.23.